The van der Waals surface area contributed by atoms with E-state index >= 15 is 0 Å². The molecular formula is C19H20Br2N3O4+. The van der Waals surface area contributed by atoms with Gasteiger partial charge in [0.2, 0.25) is 0 Å². The largest absolute Gasteiger partial charge is 0.322 e. The van der Waals surface area contributed by atoms with Gasteiger partial charge >= 0.3 is 0 Å². The van der Waals surface area contributed by atoms with Crippen LogP contribution in [0.3, 0.4) is 0 Å². The van der Waals surface area contributed by atoms with Crippen LogP contribution in [0.25, 0.3) is 0 Å². The summed E-state index contributed by atoms with van der Waals surface area (Å²) in [7, 11) is 0. The van der Waals surface area contributed by atoms with Crippen LogP contribution in [0.5, 0.6) is 0 Å². The molecule has 1 aliphatic heterocycles. The molecule has 2 aromatic carbocycles. The Kier molecular flexibility index (Phi) is 5.88. The minimum Gasteiger partial charge on any atom is -0.322 e. The number of hydrogen-bond donors (Lipinski definition) is 1. The molecule has 1 aliphatic rings. The van der Waals surface area contributed by atoms with Gasteiger partial charge in [0.1, 0.15) is 5.41 Å². The molecule has 0 spiro atoms. The lowest BCUT2D eigenvalue weighted by Crippen LogP contribution is -2.96. The topological polar surface area (TPSA) is 103 Å². The van der Waals surface area contributed by atoms with E-state index in [1.54, 1.807) is 19.2 Å². The van der Waals surface area contributed by atoms with Gasteiger partial charge in [-0.1, -0.05) is 56.1 Å². The highest BCUT2D eigenvalue weighted by molar-refractivity contribution is 9.10. The Hall–Kier alpha value is -1.84. The molecule has 0 amide bonds. The first-order valence-electron chi connectivity index (χ1n) is 8.76. The summed E-state index contributed by atoms with van der Waals surface area (Å²) < 4.78 is 1.63. The third-order valence-electron chi connectivity index (χ3n) is 5.54. The average molecular weight is 514 g/mol. The molecule has 0 saturated carbocycles. The van der Waals surface area contributed by atoms with Crippen LogP contribution < -0.4 is 5.32 Å². The van der Waals surface area contributed by atoms with E-state index in [0.29, 0.717) is 0 Å². The van der Waals surface area contributed by atoms with Gasteiger partial charge in [-0.15, -0.1) is 0 Å². The van der Waals surface area contributed by atoms with Crippen molar-refractivity contribution in [3.8, 4) is 0 Å². The van der Waals surface area contributed by atoms with Crippen molar-refractivity contribution in [2.45, 2.75) is 38.0 Å². The van der Waals surface area contributed by atoms with Crippen molar-refractivity contribution < 1.29 is 15.2 Å². The van der Waals surface area contributed by atoms with Crippen molar-refractivity contribution in [2.24, 2.45) is 5.41 Å². The molecule has 3 rings (SSSR count). The average Bonchev–Trinajstić information content (AvgIpc) is 2.59. The molecule has 148 valence electrons. The molecule has 0 aromatic heterocycles. The molecule has 1 fully saturated rings. The van der Waals surface area contributed by atoms with E-state index in [9.17, 15) is 20.2 Å². The molecule has 0 aliphatic carbocycles. The van der Waals surface area contributed by atoms with Gasteiger partial charge in [0.15, 0.2) is 12.1 Å². The molecule has 2 N–H and O–H groups in total. The molecule has 1 heterocycles. The Morgan fingerprint density at radius 3 is 1.57 bits per heavy atom. The van der Waals surface area contributed by atoms with E-state index in [2.05, 4.69) is 31.9 Å². The van der Waals surface area contributed by atoms with Gasteiger partial charge in [-0.3, -0.25) is 20.2 Å². The maximum Gasteiger partial charge on any atom is 0.279 e. The van der Waals surface area contributed by atoms with Crippen LogP contribution in [0.1, 0.15) is 37.1 Å². The van der Waals surface area contributed by atoms with E-state index in [4.69, 9.17) is 0 Å². The Morgan fingerprint density at radius 1 is 0.857 bits per heavy atom. The standard InChI is InChI=1S/C19H19Br2N3O4/c1-19(2)17(23(25)26)15(11-5-3-7-13(20)9-11)22-16(18(19)24(27)28)12-6-4-8-14(21)10-12/h3-10,15-18,22H,1-2H3/p+1/t15-,16-,17-,18-/m0/s1. The minimum absolute atomic E-state index is 0.365. The summed E-state index contributed by atoms with van der Waals surface area (Å²) in [5.74, 6) is 0. The number of piperidine rings is 1. The Morgan fingerprint density at radius 2 is 1.25 bits per heavy atom. The molecule has 0 unspecified atom stereocenters. The lowest BCUT2D eigenvalue weighted by atomic mass is 9.66. The van der Waals surface area contributed by atoms with Crippen molar-refractivity contribution in [3.05, 3.63) is 88.8 Å². The summed E-state index contributed by atoms with van der Waals surface area (Å²) in [5.41, 5.74) is 0.374. The van der Waals surface area contributed by atoms with E-state index in [-0.39, 0.29) is 9.85 Å². The quantitative estimate of drug-likeness (QED) is 0.494. The monoisotopic (exact) mass is 512 g/mol. The fourth-order valence-electron chi connectivity index (χ4n) is 4.35. The number of nitrogens with zero attached hydrogens (tertiary/aromatic N) is 2. The normalized spacial score (nSPS) is 26.6. The van der Waals surface area contributed by atoms with Crippen molar-refractivity contribution in [1.29, 1.82) is 0 Å². The third kappa shape index (κ3) is 3.83. The van der Waals surface area contributed by atoms with Crippen LogP contribution in [-0.2, 0) is 0 Å². The fourth-order valence-corrected chi connectivity index (χ4v) is 5.19. The van der Waals surface area contributed by atoms with Crippen molar-refractivity contribution in [2.75, 3.05) is 0 Å². The molecular weight excluding hydrogens is 494 g/mol. The van der Waals surface area contributed by atoms with Gasteiger partial charge in [-0.2, -0.15) is 0 Å². The molecule has 0 radical (unpaired) electrons. The van der Waals surface area contributed by atoms with E-state index in [1.165, 1.54) is 0 Å². The third-order valence-corrected chi connectivity index (χ3v) is 6.53. The van der Waals surface area contributed by atoms with Crippen molar-refractivity contribution in [3.63, 3.8) is 0 Å². The highest BCUT2D eigenvalue weighted by atomic mass is 79.9. The molecule has 7 nitrogen and oxygen atoms in total. The van der Waals surface area contributed by atoms with Gasteiger partial charge in [0.05, 0.1) is 0 Å². The Balaban J connectivity index is 2.18. The molecule has 2 aromatic rings. The summed E-state index contributed by atoms with van der Waals surface area (Å²) in [4.78, 5) is 23.4. The second-order valence-electron chi connectivity index (χ2n) is 7.64. The number of benzene rings is 2. The number of nitrogens with two attached hydrogens (primary N) is 1. The van der Waals surface area contributed by atoms with E-state index in [0.717, 1.165) is 20.1 Å². The highest BCUT2D eigenvalue weighted by Crippen LogP contribution is 2.43. The van der Waals surface area contributed by atoms with Crippen LogP contribution in [0.2, 0.25) is 0 Å². The zero-order valence-electron chi connectivity index (χ0n) is 15.3. The van der Waals surface area contributed by atoms with Crippen LogP contribution in [0.4, 0.5) is 0 Å². The van der Waals surface area contributed by atoms with Crippen LogP contribution in [-0.4, -0.2) is 21.9 Å². The van der Waals surface area contributed by atoms with Crippen LogP contribution >= 0.6 is 31.9 Å². The van der Waals surface area contributed by atoms with Crippen LogP contribution in [0.15, 0.2) is 57.5 Å². The highest BCUT2D eigenvalue weighted by Gasteiger charge is 2.65. The summed E-state index contributed by atoms with van der Waals surface area (Å²) in [6, 6.07) is 11.4. The number of nitro groups is 2. The second kappa shape index (κ2) is 7.88. The Labute approximate surface area is 179 Å². The lowest BCUT2D eigenvalue weighted by Gasteiger charge is -2.41. The number of quaternary nitrogens is 1. The van der Waals surface area contributed by atoms with Gasteiger partial charge in [-0.05, 0) is 38.1 Å². The summed E-state index contributed by atoms with van der Waals surface area (Å²) in [5, 5.41) is 25.9. The summed E-state index contributed by atoms with van der Waals surface area (Å²) in [6.45, 7) is 3.27. The molecule has 0 bridgehead atoms. The molecule has 28 heavy (non-hydrogen) atoms. The minimum atomic E-state index is -1.16. The van der Waals surface area contributed by atoms with Gasteiger partial charge in [0.25, 0.3) is 12.1 Å². The maximum atomic E-state index is 12.0. The number of rotatable bonds is 4. The molecule has 1 saturated heterocycles. The van der Waals surface area contributed by atoms with E-state index in [1.807, 2.05) is 48.5 Å². The lowest BCUT2D eigenvalue weighted by molar-refractivity contribution is -0.818. The zero-order valence-corrected chi connectivity index (χ0v) is 18.5. The molecule has 4 atom stereocenters. The van der Waals surface area contributed by atoms with Gasteiger partial charge in [-0.25, -0.2) is 0 Å². The molecule has 9 heteroatoms. The van der Waals surface area contributed by atoms with Crippen LogP contribution in [0, 0.1) is 25.6 Å². The first-order chi connectivity index (χ1) is 13.1. The first-order valence-corrected chi connectivity index (χ1v) is 10.3. The summed E-state index contributed by atoms with van der Waals surface area (Å²) in [6.07, 6.45) is 0. The number of halogens is 2. The fraction of sp³-hybridized carbons (Fsp3) is 0.368. The SMILES string of the molecule is CC1(C)[C@@H]([N+](=O)[O-])[C@H](c2cccc(Br)c2)[NH2+][C@@H](c2cccc(Br)c2)[C@@H]1[N+](=O)[O-]. The first kappa shape index (κ1) is 20.9. The second-order valence-corrected chi connectivity index (χ2v) is 9.47. The van der Waals surface area contributed by atoms with Crippen molar-refractivity contribution in [1.82, 2.24) is 0 Å². The van der Waals surface area contributed by atoms with E-state index < -0.39 is 29.6 Å². The Bertz CT molecular complexity index is 850. The van der Waals surface area contributed by atoms with Crippen molar-refractivity contribution >= 4 is 31.9 Å². The predicted octanol–water partition coefficient (Wildman–Crippen LogP) is 3.89. The van der Waals surface area contributed by atoms with Gasteiger partial charge < -0.3 is 5.32 Å². The zero-order chi connectivity index (χ0) is 20.6. The number of hydrogen-bond acceptors (Lipinski definition) is 4. The smallest absolute Gasteiger partial charge is 0.279 e. The van der Waals surface area contributed by atoms with Gasteiger partial charge in [0, 0.05) is 29.9 Å². The maximum absolute atomic E-state index is 12.0. The predicted molar refractivity (Wildman–Crippen MR) is 111 cm³/mol. The summed E-state index contributed by atoms with van der Waals surface area (Å²) >= 11 is 6.84.